The molecule has 3 heterocycles. The van der Waals surface area contributed by atoms with Gasteiger partial charge in [-0.1, -0.05) is 18.2 Å². The quantitative estimate of drug-likeness (QED) is 0.851. The van der Waals surface area contributed by atoms with Crippen LogP contribution in [-0.4, -0.2) is 59.5 Å². The Hall–Kier alpha value is -2.67. The van der Waals surface area contributed by atoms with Gasteiger partial charge in [0, 0.05) is 44.1 Å². The van der Waals surface area contributed by atoms with Crippen LogP contribution in [0.2, 0.25) is 0 Å². The molecule has 0 saturated carbocycles. The number of piperidine rings is 1. The van der Waals surface area contributed by atoms with Gasteiger partial charge >= 0.3 is 0 Å². The van der Waals surface area contributed by atoms with E-state index in [0.29, 0.717) is 19.5 Å². The number of rotatable bonds is 4. The fourth-order valence-corrected chi connectivity index (χ4v) is 4.32. The molecule has 2 aliphatic rings. The first-order valence-corrected chi connectivity index (χ1v) is 10.3. The molecule has 1 N–H and O–H groups in total. The fourth-order valence-electron chi connectivity index (χ4n) is 4.32. The van der Waals surface area contributed by atoms with Gasteiger partial charge in [-0.15, -0.1) is 0 Å². The molecule has 1 aromatic heterocycles. The lowest BCUT2D eigenvalue weighted by Crippen LogP contribution is -2.41. The molecule has 7 nitrogen and oxygen atoms in total. The summed E-state index contributed by atoms with van der Waals surface area (Å²) in [5.74, 6) is 1.62. The van der Waals surface area contributed by atoms with Gasteiger partial charge in [-0.25, -0.2) is 4.98 Å². The van der Waals surface area contributed by atoms with E-state index in [1.54, 1.807) is 7.11 Å². The van der Waals surface area contributed by atoms with E-state index in [2.05, 4.69) is 9.88 Å². The van der Waals surface area contributed by atoms with Crippen LogP contribution in [0.5, 0.6) is 5.75 Å². The molecule has 0 unspecified atom stereocenters. The highest BCUT2D eigenvalue weighted by Crippen LogP contribution is 2.26. The van der Waals surface area contributed by atoms with Crippen LogP contribution < -0.4 is 10.3 Å². The molecule has 2 aromatic rings. The van der Waals surface area contributed by atoms with Crippen molar-refractivity contribution in [3.8, 4) is 5.75 Å². The van der Waals surface area contributed by atoms with Gasteiger partial charge in [-0.2, -0.15) is 0 Å². The number of likely N-dealkylation sites (tertiary alicyclic amines) is 1. The Labute approximate surface area is 170 Å². The molecule has 0 spiro atoms. The minimum atomic E-state index is -0.0333. The fraction of sp³-hybridized carbons (Fsp3) is 0.500. The van der Waals surface area contributed by atoms with E-state index >= 15 is 0 Å². The van der Waals surface area contributed by atoms with Crippen LogP contribution in [0.25, 0.3) is 0 Å². The third kappa shape index (κ3) is 4.19. The predicted octanol–water partition coefficient (Wildman–Crippen LogP) is 1.72. The number of para-hydroxylation sites is 1. The number of nitrogens with zero attached hydrogens (tertiary/aromatic N) is 3. The first-order chi connectivity index (χ1) is 14.0. The second kappa shape index (κ2) is 8.37. The third-order valence-corrected chi connectivity index (χ3v) is 5.97. The maximum absolute atomic E-state index is 12.9. The van der Waals surface area contributed by atoms with E-state index in [0.717, 1.165) is 60.7 Å². The van der Waals surface area contributed by atoms with Gasteiger partial charge in [0.15, 0.2) is 0 Å². The number of ether oxygens (including phenoxy) is 1. The molecular weight excluding hydrogens is 368 g/mol. The standard InChI is InChI=1S/C22H28N4O3/c1-25-11-9-18-17(14-25)22(28)24-21(23-18)16-7-5-10-26(13-16)20(27)12-15-6-3-4-8-19(15)29-2/h3-4,6,8,16H,5,7,9-14H2,1-2H3,(H,23,24,28)/t16-/m0/s1. The van der Waals surface area contributed by atoms with E-state index in [9.17, 15) is 9.59 Å². The van der Waals surface area contributed by atoms with E-state index in [-0.39, 0.29) is 17.4 Å². The summed E-state index contributed by atoms with van der Waals surface area (Å²) >= 11 is 0. The van der Waals surface area contributed by atoms with Gasteiger partial charge in [0.1, 0.15) is 11.6 Å². The van der Waals surface area contributed by atoms with Crippen LogP contribution in [0, 0.1) is 0 Å². The molecule has 0 aliphatic carbocycles. The van der Waals surface area contributed by atoms with Crippen molar-refractivity contribution in [2.75, 3.05) is 33.8 Å². The molecule has 1 saturated heterocycles. The number of likely N-dealkylation sites (N-methyl/N-ethyl adjacent to an activating group) is 1. The molecule has 1 fully saturated rings. The molecular formula is C22H28N4O3. The SMILES string of the molecule is COc1ccccc1CC(=O)N1CCC[C@H](c2nc3c(c(=O)[nH]2)CN(C)CC3)C1. The Kier molecular flexibility index (Phi) is 5.67. The summed E-state index contributed by atoms with van der Waals surface area (Å²) in [4.78, 5) is 37.3. The van der Waals surface area contributed by atoms with Crippen LogP contribution >= 0.6 is 0 Å². The number of aromatic amines is 1. The predicted molar refractivity (Wildman–Crippen MR) is 110 cm³/mol. The summed E-state index contributed by atoms with van der Waals surface area (Å²) in [7, 11) is 3.64. The molecule has 7 heteroatoms. The van der Waals surface area contributed by atoms with E-state index in [4.69, 9.17) is 9.72 Å². The van der Waals surface area contributed by atoms with E-state index in [1.807, 2.05) is 36.2 Å². The average molecular weight is 396 g/mol. The first kappa shape index (κ1) is 19.6. The Morgan fingerprint density at radius 1 is 1.31 bits per heavy atom. The molecule has 0 radical (unpaired) electrons. The number of H-pyrrole nitrogens is 1. The van der Waals surface area contributed by atoms with Crippen LogP contribution in [0.15, 0.2) is 29.1 Å². The largest absolute Gasteiger partial charge is 0.496 e. The summed E-state index contributed by atoms with van der Waals surface area (Å²) in [5.41, 5.74) is 2.56. The van der Waals surface area contributed by atoms with Gasteiger partial charge in [-0.3, -0.25) is 9.59 Å². The third-order valence-electron chi connectivity index (χ3n) is 5.97. The van der Waals surface area contributed by atoms with Crippen molar-refractivity contribution < 1.29 is 9.53 Å². The molecule has 1 atom stereocenters. The molecule has 154 valence electrons. The second-order valence-electron chi connectivity index (χ2n) is 8.03. The maximum atomic E-state index is 12.9. The van der Waals surface area contributed by atoms with Crippen molar-refractivity contribution in [1.82, 2.24) is 19.8 Å². The lowest BCUT2D eigenvalue weighted by molar-refractivity contribution is -0.131. The summed E-state index contributed by atoms with van der Waals surface area (Å²) < 4.78 is 5.37. The zero-order valence-corrected chi connectivity index (χ0v) is 17.1. The zero-order chi connectivity index (χ0) is 20.4. The Bertz CT molecular complexity index is 955. The van der Waals surface area contributed by atoms with Crippen molar-refractivity contribution in [1.29, 1.82) is 0 Å². The summed E-state index contributed by atoms with van der Waals surface area (Å²) in [6, 6.07) is 7.63. The molecule has 4 rings (SSSR count). The second-order valence-corrected chi connectivity index (χ2v) is 8.03. The van der Waals surface area contributed by atoms with Crippen molar-refractivity contribution in [2.24, 2.45) is 0 Å². The molecule has 0 bridgehead atoms. The van der Waals surface area contributed by atoms with Gasteiger partial charge in [0.2, 0.25) is 5.91 Å². The minimum absolute atomic E-state index is 0.0333. The van der Waals surface area contributed by atoms with Crippen LogP contribution in [0.1, 0.15) is 41.4 Å². The van der Waals surface area contributed by atoms with Gasteiger partial charge < -0.3 is 19.5 Å². The number of benzene rings is 1. The highest BCUT2D eigenvalue weighted by atomic mass is 16.5. The summed E-state index contributed by atoms with van der Waals surface area (Å²) in [6.07, 6.45) is 2.95. The monoisotopic (exact) mass is 396 g/mol. The molecule has 1 aromatic carbocycles. The number of carbonyl (C=O) groups excluding carboxylic acids is 1. The Balaban J connectivity index is 1.49. The molecule has 29 heavy (non-hydrogen) atoms. The van der Waals surface area contributed by atoms with Crippen molar-refractivity contribution >= 4 is 5.91 Å². The number of hydrogen-bond donors (Lipinski definition) is 1. The highest BCUT2D eigenvalue weighted by Gasteiger charge is 2.28. The highest BCUT2D eigenvalue weighted by molar-refractivity contribution is 5.79. The number of hydrogen-bond acceptors (Lipinski definition) is 5. The Morgan fingerprint density at radius 3 is 2.97 bits per heavy atom. The van der Waals surface area contributed by atoms with Crippen LogP contribution in [-0.2, 0) is 24.2 Å². The van der Waals surface area contributed by atoms with E-state index < -0.39 is 0 Å². The normalized spacial score (nSPS) is 19.7. The molecule has 2 aliphatic heterocycles. The van der Waals surface area contributed by atoms with Crippen LogP contribution in [0.3, 0.4) is 0 Å². The Morgan fingerprint density at radius 2 is 2.14 bits per heavy atom. The lowest BCUT2D eigenvalue weighted by atomic mass is 9.95. The average Bonchev–Trinajstić information content (AvgIpc) is 2.74. The number of nitrogens with one attached hydrogen (secondary N) is 1. The van der Waals surface area contributed by atoms with Crippen molar-refractivity contribution in [3.05, 3.63) is 57.3 Å². The minimum Gasteiger partial charge on any atom is -0.496 e. The lowest BCUT2D eigenvalue weighted by Gasteiger charge is -2.33. The zero-order valence-electron chi connectivity index (χ0n) is 17.1. The number of fused-ring (bicyclic) bond motifs is 1. The molecule has 1 amide bonds. The maximum Gasteiger partial charge on any atom is 0.255 e. The van der Waals surface area contributed by atoms with Crippen molar-refractivity contribution in [3.63, 3.8) is 0 Å². The van der Waals surface area contributed by atoms with Gasteiger partial charge in [0.25, 0.3) is 5.56 Å². The summed E-state index contributed by atoms with van der Waals surface area (Å²) in [5, 5.41) is 0. The van der Waals surface area contributed by atoms with Gasteiger partial charge in [0.05, 0.1) is 24.8 Å². The number of amides is 1. The number of carbonyl (C=O) groups is 1. The first-order valence-electron chi connectivity index (χ1n) is 10.3. The number of methoxy groups -OCH3 is 1. The number of aromatic nitrogens is 2. The topological polar surface area (TPSA) is 78.5 Å². The summed E-state index contributed by atoms with van der Waals surface area (Å²) in [6.45, 7) is 2.89. The van der Waals surface area contributed by atoms with E-state index in [1.165, 1.54) is 0 Å². The van der Waals surface area contributed by atoms with Crippen molar-refractivity contribution in [2.45, 2.75) is 38.1 Å². The van der Waals surface area contributed by atoms with Crippen LogP contribution in [0.4, 0.5) is 0 Å². The smallest absolute Gasteiger partial charge is 0.255 e. The van der Waals surface area contributed by atoms with Gasteiger partial charge in [-0.05, 0) is 26.0 Å².